The van der Waals surface area contributed by atoms with Gasteiger partial charge in [0.15, 0.2) is 17.6 Å². The Bertz CT molecular complexity index is 463. The van der Waals surface area contributed by atoms with Crippen molar-refractivity contribution in [1.82, 2.24) is 0 Å². The molecule has 0 saturated heterocycles. The van der Waals surface area contributed by atoms with Gasteiger partial charge in [0.05, 0.1) is 7.11 Å². The highest BCUT2D eigenvalue weighted by molar-refractivity contribution is 7.80. The van der Waals surface area contributed by atoms with Crippen LogP contribution in [-0.2, 0) is 4.79 Å². The summed E-state index contributed by atoms with van der Waals surface area (Å²) in [5, 5.41) is 0. The second kappa shape index (κ2) is 6.20. The topological polar surface area (TPSA) is 87.6 Å². The molecule has 0 aliphatic rings. The van der Waals surface area contributed by atoms with E-state index in [1.165, 1.54) is 7.11 Å². The van der Waals surface area contributed by atoms with E-state index in [4.69, 9.17) is 33.2 Å². The molecule has 0 spiro atoms. The molecule has 0 aliphatic heterocycles. The molecule has 0 aromatic heterocycles. The van der Waals surface area contributed by atoms with Crippen molar-refractivity contribution >= 4 is 23.1 Å². The van der Waals surface area contributed by atoms with Crippen LogP contribution < -0.4 is 20.9 Å². The first kappa shape index (κ1) is 14.2. The van der Waals surface area contributed by atoms with Crippen molar-refractivity contribution in [1.29, 1.82) is 0 Å². The Morgan fingerprint density at radius 2 is 2.06 bits per heavy atom. The first-order valence-electron chi connectivity index (χ1n) is 5.43. The van der Waals surface area contributed by atoms with Crippen molar-refractivity contribution in [3.63, 3.8) is 0 Å². The molecule has 0 heterocycles. The van der Waals surface area contributed by atoms with Gasteiger partial charge in [-0.05, 0) is 24.6 Å². The number of nitrogens with two attached hydrogens (primary N) is 2. The Morgan fingerprint density at radius 3 is 2.50 bits per heavy atom. The lowest BCUT2D eigenvalue weighted by molar-refractivity contribution is -0.124. The molecule has 98 valence electrons. The number of ether oxygens (including phenoxy) is 2. The van der Waals surface area contributed by atoms with Gasteiger partial charge >= 0.3 is 0 Å². The lowest BCUT2D eigenvalue weighted by Gasteiger charge is -2.17. The van der Waals surface area contributed by atoms with Crippen LogP contribution in [0.5, 0.6) is 11.5 Å². The van der Waals surface area contributed by atoms with E-state index in [0.717, 1.165) is 0 Å². The smallest absolute Gasteiger partial charge is 0.258 e. The molecule has 1 amide bonds. The monoisotopic (exact) mass is 268 g/mol. The first-order valence-corrected chi connectivity index (χ1v) is 5.84. The van der Waals surface area contributed by atoms with E-state index in [1.54, 1.807) is 18.2 Å². The molecule has 1 rings (SSSR count). The third-order valence-corrected chi connectivity index (χ3v) is 2.64. The SMILES string of the molecule is CCC(Oc1ccc(C(N)=S)cc1OC)C(N)=O. The van der Waals surface area contributed by atoms with Gasteiger partial charge in [-0.1, -0.05) is 19.1 Å². The molecule has 1 atom stereocenters. The summed E-state index contributed by atoms with van der Waals surface area (Å²) in [5.74, 6) is 0.376. The molecule has 0 saturated carbocycles. The quantitative estimate of drug-likeness (QED) is 0.751. The Balaban J connectivity index is 3.02. The van der Waals surface area contributed by atoms with E-state index < -0.39 is 12.0 Å². The number of hydrogen-bond acceptors (Lipinski definition) is 4. The number of amides is 1. The number of rotatable bonds is 6. The van der Waals surface area contributed by atoms with Crippen LogP contribution >= 0.6 is 12.2 Å². The molecular formula is C12H16N2O3S. The minimum absolute atomic E-state index is 0.266. The molecule has 0 radical (unpaired) electrons. The second-order valence-corrected chi connectivity index (χ2v) is 4.09. The molecule has 1 unspecified atom stereocenters. The van der Waals surface area contributed by atoms with Crippen molar-refractivity contribution in [3.8, 4) is 11.5 Å². The highest BCUT2D eigenvalue weighted by Gasteiger charge is 2.17. The van der Waals surface area contributed by atoms with Crippen LogP contribution in [-0.4, -0.2) is 24.1 Å². The van der Waals surface area contributed by atoms with Gasteiger partial charge in [-0.2, -0.15) is 0 Å². The average molecular weight is 268 g/mol. The summed E-state index contributed by atoms with van der Waals surface area (Å²) < 4.78 is 10.7. The predicted octanol–water partition coefficient (Wildman–Crippen LogP) is 0.972. The summed E-state index contributed by atoms with van der Waals surface area (Å²) in [5.41, 5.74) is 11.4. The van der Waals surface area contributed by atoms with Gasteiger partial charge in [-0.3, -0.25) is 4.79 Å². The molecule has 0 fully saturated rings. The molecule has 0 aliphatic carbocycles. The van der Waals surface area contributed by atoms with Crippen molar-refractivity contribution in [3.05, 3.63) is 23.8 Å². The summed E-state index contributed by atoms with van der Waals surface area (Å²) in [6, 6.07) is 5.01. The van der Waals surface area contributed by atoms with E-state index >= 15 is 0 Å². The van der Waals surface area contributed by atoms with Crippen LogP contribution in [0.15, 0.2) is 18.2 Å². The highest BCUT2D eigenvalue weighted by Crippen LogP contribution is 2.29. The van der Waals surface area contributed by atoms with E-state index in [2.05, 4.69) is 0 Å². The van der Waals surface area contributed by atoms with Crippen molar-refractivity contribution < 1.29 is 14.3 Å². The fourth-order valence-corrected chi connectivity index (χ4v) is 1.54. The lowest BCUT2D eigenvalue weighted by atomic mass is 10.2. The van der Waals surface area contributed by atoms with E-state index in [0.29, 0.717) is 23.5 Å². The fourth-order valence-electron chi connectivity index (χ4n) is 1.41. The van der Waals surface area contributed by atoms with Gasteiger partial charge in [0.25, 0.3) is 5.91 Å². The van der Waals surface area contributed by atoms with E-state index in [-0.39, 0.29) is 4.99 Å². The number of carbonyl (C=O) groups excluding carboxylic acids is 1. The largest absolute Gasteiger partial charge is 0.493 e. The first-order chi connectivity index (χ1) is 8.49. The Morgan fingerprint density at radius 1 is 1.39 bits per heavy atom. The van der Waals surface area contributed by atoms with Crippen LogP contribution in [0.4, 0.5) is 0 Å². The minimum Gasteiger partial charge on any atom is -0.493 e. The zero-order valence-corrected chi connectivity index (χ0v) is 11.1. The summed E-state index contributed by atoms with van der Waals surface area (Å²) in [6.07, 6.45) is -0.204. The molecule has 4 N–H and O–H groups in total. The van der Waals surface area contributed by atoms with Crippen LogP contribution in [0.3, 0.4) is 0 Å². The number of thiocarbonyl (C=S) groups is 1. The second-order valence-electron chi connectivity index (χ2n) is 3.65. The molecule has 6 heteroatoms. The standard InChI is InChI=1S/C12H16N2O3S/c1-3-8(11(13)15)17-9-5-4-7(12(14)18)6-10(9)16-2/h4-6,8H,3H2,1-2H3,(H2,13,15)(H2,14,18). The predicted molar refractivity (Wildman–Crippen MR) is 72.8 cm³/mol. The number of benzene rings is 1. The van der Waals surface area contributed by atoms with E-state index in [1.807, 2.05) is 6.92 Å². The zero-order valence-electron chi connectivity index (χ0n) is 10.3. The van der Waals surface area contributed by atoms with Crippen LogP contribution in [0.25, 0.3) is 0 Å². The highest BCUT2D eigenvalue weighted by atomic mass is 32.1. The maximum atomic E-state index is 11.1. The van der Waals surface area contributed by atoms with Crippen molar-refractivity contribution in [2.45, 2.75) is 19.4 Å². The normalized spacial score (nSPS) is 11.7. The van der Waals surface area contributed by atoms with Crippen molar-refractivity contribution in [2.24, 2.45) is 11.5 Å². The van der Waals surface area contributed by atoms with E-state index in [9.17, 15) is 4.79 Å². The molecule has 1 aromatic rings. The summed E-state index contributed by atoms with van der Waals surface area (Å²) in [4.78, 5) is 11.4. The van der Waals surface area contributed by atoms with Gasteiger partial charge < -0.3 is 20.9 Å². The number of primary amides is 1. The van der Waals surface area contributed by atoms with Crippen molar-refractivity contribution in [2.75, 3.05) is 7.11 Å². The Kier molecular flexibility index (Phi) is 4.91. The minimum atomic E-state index is -0.686. The average Bonchev–Trinajstić information content (AvgIpc) is 2.35. The summed E-state index contributed by atoms with van der Waals surface area (Å²) >= 11 is 4.87. The summed E-state index contributed by atoms with van der Waals surface area (Å²) in [7, 11) is 1.50. The van der Waals surface area contributed by atoms with Gasteiger partial charge in [-0.15, -0.1) is 0 Å². The number of hydrogen-bond donors (Lipinski definition) is 2. The van der Waals surface area contributed by atoms with Gasteiger partial charge in [-0.25, -0.2) is 0 Å². The van der Waals surface area contributed by atoms with Gasteiger partial charge in [0, 0.05) is 5.56 Å². The van der Waals surface area contributed by atoms with Gasteiger partial charge in [0.2, 0.25) is 0 Å². The molecule has 1 aromatic carbocycles. The number of methoxy groups -OCH3 is 1. The molecule has 0 bridgehead atoms. The van der Waals surface area contributed by atoms with Crippen LogP contribution in [0.1, 0.15) is 18.9 Å². The molecule has 5 nitrogen and oxygen atoms in total. The molecular weight excluding hydrogens is 252 g/mol. The third-order valence-electron chi connectivity index (χ3n) is 2.41. The van der Waals surface area contributed by atoms with Crippen LogP contribution in [0, 0.1) is 0 Å². The fraction of sp³-hybridized carbons (Fsp3) is 0.333. The summed E-state index contributed by atoms with van der Waals surface area (Å²) in [6.45, 7) is 1.81. The Hall–Kier alpha value is -1.82. The maximum Gasteiger partial charge on any atom is 0.258 e. The zero-order chi connectivity index (χ0) is 13.7. The van der Waals surface area contributed by atoms with Gasteiger partial charge in [0.1, 0.15) is 4.99 Å². The maximum absolute atomic E-state index is 11.1. The van der Waals surface area contributed by atoms with Crippen LogP contribution in [0.2, 0.25) is 0 Å². The molecule has 18 heavy (non-hydrogen) atoms. The Labute approximate surface area is 111 Å². The third kappa shape index (κ3) is 3.33. The lowest BCUT2D eigenvalue weighted by Crippen LogP contribution is -2.33. The number of carbonyl (C=O) groups is 1.